The lowest BCUT2D eigenvalue weighted by molar-refractivity contribution is -0.118. The number of rotatable bonds is 13. The van der Waals surface area contributed by atoms with E-state index in [0.29, 0.717) is 37.7 Å². The summed E-state index contributed by atoms with van der Waals surface area (Å²) in [5.41, 5.74) is 0.344. The van der Waals surface area contributed by atoms with Gasteiger partial charge in [-0.3, -0.25) is 4.79 Å². The number of amides is 1. The zero-order valence-corrected chi connectivity index (χ0v) is 19.9. The minimum atomic E-state index is -3.76. The number of nitrogens with zero attached hydrogens (tertiary/aromatic N) is 1. The highest BCUT2D eigenvalue weighted by Gasteiger charge is 2.26. The summed E-state index contributed by atoms with van der Waals surface area (Å²) >= 11 is 0. The molecule has 0 aromatic heterocycles. The minimum Gasteiger partial charge on any atom is -0.494 e. The molecule has 0 spiro atoms. The Morgan fingerprint density at radius 2 is 1.53 bits per heavy atom. The molecule has 2 aromatic rings. The maximum absolute atomic E-state index is 13.0. The van der Waals surface area contributed by atoms with Gasteiger partial charge in [-0.15, -0.1) is 0 Å². The molecule has 176 valence electrons. The molecule has 0 saturated carbocycles. The van der Waals surface area contributed by atoms with Crippen LogP contribution in [-0.4, -0.2) is 51.5 Å². The van der Waals surface area contributed by atoms with Crippen molar-refractivity contribution in [1.29, 1.82) is 0 Å². The topological polar surface area (TPSA) is 94.2 Å². The van der Waals surface area contributed by atoms with Crippen LogP contribution < -0.4 is 19.5 Å². The van der Waals surface area contributed by atoms with Crippen LogP contribution in [0.25, 0.3) is 0 Å². The summed E-state index contributed by atoms with van der Waals surface area (Å²) in [6.45, 7) is 8.75. The third-order valence-electron chi connectivity index (χ3n) is 4.52. The number of anilines is 1. The van der Waals surface area contributed by atoms with Crippen molar-refractivity contribution < 1.29 is 27.4 Å². The van der Waals surface area contributed by atoms with Gasteiger partial charge in [-0.2, -0.15) is 4.31 Å². The number of sulfonamides is 1. The quantitative estimate of drug-likeness (QED) is 0.483. The largest absolute Gasteiger partial charge is 0.494 e. The molecule has 2 aromatic carbocycles. The van der Waals surface area contributed by atoms with Crippen molar-refractivity contribution in [2.45, 2.75) is 39.0 Å². The first kappa shape index (κ1) is 25.5. The highest BCUT2D eigenvalue weighted by Crippen LogP contribution is 2.30. The molecule has 9 heteroatoms. The van der Waals surface area contributed by atoms with Crippen LogP contribution in [-0.2, 0) is 14.8 Å². The monoisotopic (exact) mass is 464 g/mol. The van der Waals surface area contributed by atoms with Crippen LogP contribution in [0.4, 0.5) is 5.69 Å². The molecule has 2 rings (SSSR count). The second kappa shape index (κ2) is 12.3. The van der Waals surface area contributed by atoms with Gasteiger partial charge in [0.05, 0.1) is 13.2 Å². The van der Waals surface area contributed by atoms with E-state index >= 15 is 0 Å². The van der Waals surface area contributed by atoms with E-state index in [4.69, 9.17) is 14.2 Å². The van der Waals surface area contributed by atoms with Crippen LogP contribution in [0.3, 0.4) is 0 Å². The summed E-state index contributed by atoms with van der Waals surface area (Å²) in [6.07, 6.45) is 0.919. The average molecular weight is 465 g/mol. The van der Waals surface area contributed by atoms with E-state index in [2.05, 4.69) is 5.32 Å². The van der Waals surface area contributed by atoms with Crippen molar-refractivity contribution in [2.75, 3.05) is 38.2 Å². The standard InChI is InChI=1S/C23H32N2O6S/c1-5-15-30-19-10-12-20(13-11-19)31-17-23(26)24-18-9-14-21(29-8-4)22(16-18)32(27,28)25(6-2)7-3/h9-14,16H,5-8,15,17H2,1-4H3,(H,24,26). The third kappa shape index (κ3) is 6.86. The zero-order chi connectivity index (χ0) is 23.6. The predicted molar refractivity (Wildman–Crippen MR) is 124 cm³/mol. The molecule has 0 aliphatic rings. The van der Waals surface area contributed by atoms with Crippen molar-refractivity contribution in [3.05, 3.63) is 42.5 Å². The SMILES string of the molecule is CCCOc1ccc(OCC(=O)Nc2ccc(OCC)c(S(=O)(=O)N(CC)CC)c2)cc1. The van der Waals surface area contributed by atoms with E-state index in [1.807, 2.05) is 6.92 Å². The Kier molecular flexibility index (Phi) is 9.80. The first-order valence-electron chi connectivity index (χ1n) is 10.8. The van der Waals surface area contributed by atoms with Crippen LogP contribution in [0.5, 0.6) is 17.2 Å². The molecule has 0 saturated heterocycles. The van der Waals surface area contributed by atoms with Crippen LogP contribution in [0.1, 0.15) is 34.1 Å². The van der Waals surface area contributed by atoms with Gasteiger partial charge in [0.25, 0.3) is 5.91 Å². The third-order valence-corrected chi connectivity index (χ3v) is 6.59. The molecule has 0 radical (unpaired) electrons. The van der Waals surface area contributed by atoms with Gasteiger partial charge in [-0.25, -0.2) is 8.42 Å². The zero-order valence-electron chi connectivity index (χ0n) is 19.1. The van der Waals surface area contributed by atoms with Gasteiger partial charge in [0.1, 0.15) is 22.1 Å². The Morgan fingerprint density at radius 3 is 2.09 bits per heavy atom. The summed E-state index contributed by atoms with van der Waals surface area (Å²) in [7, 11) is -3.76. The number of ether oxygens (including phenoxy) is 3. The van der Waals surface area contributed by atoms with Crippen LogP contribution in [0, 0.1) is 0 Å². The van der Waals surface area contributed by atoms with Crippen LogP contribution in [0.2, 0.25) is 0 Å². The van der Waals surface area contributed by atoms with Gasteiger partial charge in [0.15, 0.2) is 6.61 Å². The number of hydrogen-bond donors (Lipinski definition) is 1. The lowest BCUT2D eigenvalue weighted by Gasteiger charge is -2.21. The number of carbonyl (C=O) groups is 1. The highest BCUT2D eigenvalue weighted by atomic mass is 32.2. The van der Waals surface area contributed by atoms with E-state index in [1.54, 1.807) is 57.2 Å². The second-order valence-electron chi connectivity index (χ2n) is 6.84. The molecule has 0 unspecified atom stereocenters. The smallest absolute Gasteiger partial charge is 0.262 e. The Hall–Kier alpha value is -2.78. The van der Waals surface area contributed by atoms with Crippen LogP contribution >= 0.6 is 0 Å². The highest BCUT2D eigenvalue weighted by molar-refractivity contribution is 7.89. The number of carbonyl (C=O) groups excluding carboxylic acids is 1. The van der Waals surface area contributed by atoms with Gasteiger partial charge >= 0.3 is 0 Å². The normalized spacial score (nSPS) is 11.3. The molecule has 0 bridgehead atoms. The van der Waals surface area contributed by atoms with Gasteiger partial charge in [0.2, 0.25) is 10.0 Å². The van der Waals surface area contributed by atoms with Crippen molar-refractivity contribution in [3.8, 4) is 17.2 Å². The predicted octanol–water partition coefficient (Wildman–Crippen LogP) is 3.92. The maximum Gasteiger partial charge on any atom is 0.262 e. The minimum absolute atomic E-state index is 0.0180. The molecule has 32 heavy (non-hydrogen) atoms. The first-order chi connectivity index (χ1) is 15.3. The van der Waals surface area contributed by atoms with E-state index in [9.17, 15) is 13.2 Å². The second-order valence-corrected chi connectivity index (χ2v) is 8.75. The number of hydrogen-bond acceptors (Lipinski definition) is 6. The van der Waals surface area contributed by atoms with Crippen molar-refractivity contribution >= 4 is 21.6 Å². The molecular weight excluding hydrogens is 432 g/mol. The molecule has 1 amide bonds. The summed E-state index contributed by atoms with van der Waals surface area (Å²) in [6, 6.07) is 11.6. The molecular formula is C23H32N2O6S. The summed E-state index contributed by atoms with van der Waals surface area (Å²) in [4.78, 5) is 12.4. The Morgan fingerprint density at radius 1 is 0.906 bits per heavy atom. The van der Waals surface area contributed by atoms with E-state index in [1.165, 1.54) is 10.4 Å². The van der Waals surface area contributed by atoms with Crippen molar-refractivity contribution in [2.24, 2.45) is 0 Å². The Bertz CT molecular complexity index is 972. The molecule has 0 aliphatic carbocycles. The molecule has 1 N–H and O–H groups in total. The van der Waals surface area contributed by atoms with Gasteiger partial charge < -0.3 is 19.5 Å². The van der Waals surface area contributed by atoms with E-state index in [-0.39, 0.29) is 17.3 Å². The van der Waals surface area contributed by atoms with Crippen molar-refractivity contribution in [3.63, 3.8) is 0 Å². The lowest BCUT2D eigenvalue weighted by Crippen LogP contribution is -2.31. The fourth-order valence-corrected chi connectivity index (χ4v) is 4.58. The van der Waals surface area contributed by atoms with Gasteiger partial charge in [-0.1, -0.05) is 20.8 Å². The number of nitrogens with one attached hydrogen (secondary N) is 1. The van der Waals surface area contributed by atoms with E-state index in [0.717, 1.165) is 12.2 Å². The summed E-state index contributed by atoms with van der Waals surface area (Å²) < 4.78 is 43.9. The van der Waals surface area contributed by atoms with Gasteiger partial charge in [-0.05, 0) is 55.8 Å². The average Bonchev–Trinajstić information content (AvgIpc) is 2.78. The van der Waals surface area contributed by atoms with Crippen molar-refractivity contribution in [1.82, 2.24) is 4.31 Å². The van der Waals surface area contributed by atoms with Crippen LogP contribution in [0.15, 0.2) is 47.4 Å². The molecule has 0 fully saturated rings. The summed E-state index contributed by atoms with van der Waals surface area (Å²) in [5, 5.41) is 2.68. The first-order valence-corrected chi connectivity index (χ1v) is 12.2. The summed E-state index contributed by atoms with van der Waals surface area (Å²) in [5.74, 6) is 1.10. The fourth-order valence-electron chi connectivity index (χ4n) is 2.96. The maximum atomic E-state index is 13.0. The molecule has 0 aliphatic heterocycles. The Balaban J connectivity index is 2.09. The van der Waals surface area contributed by atoms with E-state index < -0.39 is 15.9 Å². The number of benzene rings is 2. The Labute approximate surface area is 190 Å². The lowest BCUT2D eigenvalue weighted by atomic mass is 10.3. The molecule has 0 atom stereocenters. The molecule has 8 nitrogen and oxygen atoms in total. The molecule has 0 heterocycles. The van der Waals surface area contributed by atoms with Gasteiger partial charge in [0, 0.05) is 18.8 Å². The fraction of sp³-hybridized carbons (Fsp3) is 0.435.